The molecule has 0 spiro atoms. The van der Waals surface area contributed by atoms with Crippen molar-refractivity contribution in [2.24, 2.45) is 5.92 Å². The summed E-state index contributed by atoms with van der Waals surface area (Å²) in [5, 5.41) is 6.92. The Labute approximate surface area is 174 Å². The molecule has 1 aromatic heterocycles. The van der Waals surface area contributed by atoms with Gasteiger partial charge in [0.25, 0.3) is 0 Å². The molecule has 0 aliphatic carbocycles. The van der Waals surface area contributed by atoms with Crippen molar-refractivity contribution in [3.63, 3.8) is 0 Å². The number of benzene rings is 1. The molecule has 28 heavy (non-hydrogen) atoms. The van der Waals surface area contributed by atoms with Crippen LogP contribution >= 0.6 is 23.2 Å². The second-order valence-electron chi connectivity index (χ2n) is 6.73. The molecular formula is C20H22Cl2N4O2. The third-order valence-corrected chi connectivity index (χ3v) is 5.40. The molecule has 1 aliphatic heterocycles. The van der Waals surface area contributed by atoms with Crippen molar-refractivity contribution in [3.8, 4) is 0 Å². The van der Waals surface area contributed by atoms with Gasteiger partial charge in [-0.1, -0.05) is 29.3 Å². The van der Waals surface area contributed by atoms with Crippen LogP contribution in [0.15, 0.2) is 42.7 Å². The van der Waals surface area contributed by atoms with Crippen LogP contribution in [-0.2, 0) is 17.9 Å². The molecule has 6 nitrogen and oxygen atoms in total. The van der Waals surface area contributed by atoms with Crippen molar-refractivity contribution in [1.29, 1.82) is 0 Å². The van der Waals surface area contributed by atoms with Gasteiger partial charge in [-0.15, -0.1) is 0 Å². The summed E-state index contributed by atoms with van der Waals surface area (Å²) in [6.45, 7) is 1.92. The van der Waals surface area contributed by atoms with Crippen molar-refractivity contribution >= 4 is 35.1 Å². The van der Waals surface area contributed by atoms with Crippen molar-refractivity contribution in [2.75, 3.05) is 13.1 Å². The normalized spacial score (nSPS) is 14.6. The first-order chi connectivity index (χ1) is 13.5. The molecule has 0 saturated carbocycles. The predicted octanol–water partition coefficient (Wildman–Crippen LogP) is 3.63. The van der Waals surface area contributed by atoms with Crippen LogP contribution in [-0.4, -0.2) is 34.9 Å². The van der Waals surface area contributed by atoms with Crippen LogP contribution in [0.25, 0.3) is 0 Å². The van der Waals surface area contributed by atoms with E-state index in [0.717, 1.165) is 11.1 Å². The number of rotatable bonds is 5. The van der Waals surface area contributed by atoms with E-state index in [9.17, 15) is 9.59 Å². The average molecular weight is 421 g/mol. The van der Waals surface area contributed by atoms with E-state index in [-0.39, 0.29) is 17.9 Å². The van der Waals surface area contributed by atoms with Gasteiger partial charge in [0.15, 0.2) is 0 Å². The third kappa shape index (κ3) is 5.59. The second-order valence-corrected chi connectivity index (χ2v) is 7.57. The topological polar surface area (TPSA) is 74.3 Å². The van der Waals surface area contributed by atoms with E-state index in [4.69, 9.17) is 23.2 Å². The lowest BCUT2D eigenvalue weighted by Gasteiger charge is -2.31. The van der Waals surface area contributed by atoms with Crippen molar-refractivity contribution in [2.45, 2.75) is 25.9 Å². The number of aromatic nitrogens is 1. The molecule has 0 unspecified atom stereocenters. The number of hydrogen-bond donors (Lipinski definition) is 2. The number of pyridine rings is 1. The van der Waals surface area contributed by atoms with Crippen LogP contribution < -0.4 is 10.6 Å². The Morgan fingerprint density at radius 3 is 2.43 bits per heavy atom. The Balaban J connectivity index is 1.41. The van der Waals surface area contributed by atoms with Gasteiger partial charge in [0.2, 0.25) is 5.91 Å². The minimum atomic E-state index is -0.151. The number of piperidine rings is 1. The number of urea groups is 1. The third-order valence-electron chi connectivity index (χ3n) is 4.81. The zero-order chi connectivity index (χ0) is 19.9. The average Bonchev–Trinajstić information content (AvgIpc) is 2.72. The Bertz CT molecular complexity index is 824. The van der Waals surface area contributed by atoms with Crippen molar-refractivity contribution in [3.05, 3.63) is 63.9 Å². The smallest absolute Gasteiger partial charge is 0.317 e. The first-order valence-electron chi connectivity index (χ1n) is 9.16. The Hall–Kier alpha value is -2.31. The fraction of sp³-hybridized carbons (Fsp3) is 0.350. The molecule has 8 heteroatoms. The second kappa shape index (κ2) is 9.75. The first kappa shape index (κ1) is 20.4. The van der Waals surface area contributed by atoms with Gasteiger partial charge in [-0.2, -0.15) is 0 Å². The number of nitrogens with one attached hydrogen (secondary N) is 2. The molecule has 2 aromatic rings. The van der Waals surface area contributed by atoms with Gasteiger partial charge in [-0.3, -0.25) is 9.78 Å². The minimum Gasteiger partial charge on any atom is -0.352 e. The Morgan fingerprint density at radius 1 is 1.04 bits per heavy atom. The van der Waals surface area contributed by atoms with Crippen LogP contribution in [0.1, 0.15) is 24.0 Å². The molecule has 1 aromatic carbocycles. The lowest BCUT2D eigenvalue weighted by atomic mass is 9.96. The van der Waals surface area contributed by atoms with Gasteiger partial charge in [-0.25, -0.2) is 4.79 Å². The lowest BCUT2D eigenvalue weighted by molar-refractivity contribution is -0.126. The molecule has 1 saturated heterocycles. The number of nitrogens with zero attached hydrogens (tertiary/aromatic N) is 2. The summed E-state index contributed by atoms with van der Waals surface area (Å²) in [5.74, 6) is -0.0404. The summed E-state index contributed by atoms with van der Waals surface area (Å²) in [5.41, 5.74) is 1.82. The molecule has 0 radical (unpaired) electrons. The maximum atomic E-state index is 12.4. The molecule has 1 aliphatic rings. The fourth-order valence-corrected chi connectivity index (χ4v) is 3.60. The van der Waals surface area contributed by atoms with Crippen LogP contribution in [0.5, 0.6) is 0 Å². The molecule has 0 atom stereocenters. The Morgan fingerprint density at radius 2 is 1.75 bits per heavy atom. The predicted molar refractivity (Wildman–Crippen MR) is 109 cm³/mol. The van der Waals surface area contributed by atoms with E-state index in [2.05, 4.69) is 15.6 Å². The highest BCUT2D eigenvalue weighted by atomic mass is 35.5. The van der Waals surface area contributed by atoms with E-state index >= 15 is 0 Å². The molecule has 3 amide bonds. The van der Waals surface area contributed by atoms with Gasteiger partial charge in [0, 0.05) is 54.5 Å². The largest absolute Gasteiger partial charge is 0.352 e. The van der Waals surface area contributed by atoms with Crippen LogP contribution in [0.3, 0.4) is 0 Å². The van der Waals surface area contributed by atoms with Crippen LogP contribution in [0.2, 0.25) is 10.0 Å². The molecular weight excluding hydrogens is 399 g/mol. The number of carbonyl (C=O) groups excluding carboxylic acids is 2. The molecule has 2 heterocycles. The Kier molecular flexibility index (Phi) is 7.12. The number of halogens is 2. The maximum Gasteiger partial charge on any atom is 0.317 e. The van der Waals surface area contributed by atoms with Crippen molar-refractivity contribution < 1.29 is 9.59 Å². The fourth-order valence-electron chi connectivity index (χ4n) is 3.13. The minimum absolute atomic E-state index is 0.0322. The SMILES string of the molecule is O=C(NCc1ccncc1)C1CCN(C(=O)NCc2ccc(Cl)cc2Cl)CC1. The molecule has 2 N–H and O–H groups in total. The van der Waals surface area contributed by atoms with E-state index < -0.39 is 0 Å². The van der Waals surface area contributed by atoms with Gasteiger partial charge in [0.05, 0.1) is 0 Å². The first-order valence-corrected chi connectivity index (χ1v) is 9.92. The number of amides is 3. The molecule has 3 rings (SSSR count). The number of hydrogen-bond acceptors (Lipinski definition) is 3. The highest BCUT2D eigenvalue weighted by Crippen LogP contribution is 2.21. The summed E-state index contributed by atoms with van der Waals surface area (Å²) in [6, 6.07) is 8.79. The van der Waals surface area contributed by atoms with Gasteiger partial charge in [0.1, 0.15) is 0 Å². The number of carbonyl (C=O) groups is 2. The zero-order valence-corrected chi connectivity index (χ0v) is 16.8. The summed E-state index contributed by atoms with van der Waals surface area (Å²) in [4.78, 5) is 30.4. The maximum absolute atomic E-state index is 12.4. The van der Waals surface area contributed by atoms with E-state index in [1.54, 1.807) is 35.5 Å². The van der Waals surface area contributed by atoms with Crippen molar-refractivity contribution in [1.82, 2.24) is 20.5 Å². The summed E-state index contributed by atoms with van der Waals surface area (Å²) in [6.07, 6.45) is 4.71. The molecule has 0 bridgehead atoms. The van der Waals surface area contributed by atoms with Gasteiger partial charge >= 0.3 is 6.03 Å². The summed E-state index contributed by atoms with van der Waals surface area (Å²) >= 11 is 12.0. The highest BCUT2D eigenvalue weighted by molar-refractivity contribution is 6.35. The monoisotopic (exact) mass is 420 g/mol. The van der Waals surface area contributed by atoms with Crippen LogP contribution in [0.4, 0.5) is 4.79 Å². The molecule has 148 valence electrons. The lowest BCUT2D eigenvalue weighted by Crippen LogP contribution is -2.46. The van der Waals surface area contributed by atoms with E-state index in [1.807, 2.05) is 12.1 Å². The van der Waals surface area contributed by atoms with E-state index in [0.29, 0.717) is 49.1 Å². The summed E-state index contributed by atoms with van der Waals surface area (Å²) < 4.78 is 0. The standard InChI is InChI=1S/C20H22Cl2N4O2/c21-17-2-1-16(18(22)11-17)13-25-20(28)26-9-5-15(6-10-26)19(27)24-12-14-3-7-23-8-4-14/h1-4,7-8,11,15H,5-6,9-10,12-13H2,(H,24,27)(H,25,28). The van der Waals surface area contributed by atoms with Gasteiger partial charge < -0.3 is 15.5 Å². The van der Waals surface area contributed by atoms with E-state index in [1.165, 1.54) is 0 Å². The van der Waals surface area contributed by atoms with Gasteiger partial charge in [-0.05, 0) is 48.2 Å². The zero-order valence-electron chi connectivity index (χ0n) is 15.3. The number of likely N-dealkylation sites (tertiary alicyclic amines) is 1. The highest BCUT2D eigenvalue weighted by Gasteiger charge is 2.27. The van der Waals surface area contributed by atoms with Crippen LogP contribution in [0, 0.1) is 5.92 Å². The molecule has 1 fully saturated rings. The summed E-state index contributed by atoms with van der Waals surface area (Å²) in [7, 11) is 0. The quantitative estimate of drug-likeness (QED) is 0.775.